The zero-order chi connectivity index (χ0) is 20.2. The molecular formula is C12H2F10N2O2Zn. The molecule has 0 saturated heterocycles. The van der Waals surface area contributed by atoms with Crippen LogP contribution >= 0.6 is 0 Å². The molecule has 1 N–H and O–H groups in total. The Labute approximate surface area is 154 Å². The molecule has 144 valence electrons. The third-order valence-corrected chi connectivity index (χ3v) is 2.91. The average Bonchev–Trinajstić information content (AvgIpc) is 2.81. The maximum Gasteiger partial charge on any atom is 0.455 e. The minimum Gasteiger partial charge on any atom is -0.493 e. The van der Waals surface area contributed by atoms with Gasteiger partial charge in [-0.3, -0.25) is 4.79 Å². The Bertz CT molecular complexity index is 877. The Morgan fingerprint density at radius 2 is 1.41 bits per heavy atom. The van der Waals surface area contributed by atoms with E-state index in [-0.39, 0.29) is 25.5 Å². The predicted molar refractivity (Wildman–Crippen MR) is 60.4 cm³/mol. The van der Waals surface area contributed by atoms with Gasteiger partial charge in [0.05, 0.1) is 0 Å². The van der Waals surface area contributed by atoms with Gasteiger partial charge in [0.25, 0.3) is 5.78 Å². The summed E-state index contributed by atoms with van der Waals surface area (Å²) in [6.45, 7) is 0. The minimum absolute atomic E-state index is 0. The van der Waals surface area contributed by atoms with Gasteiger partial charge in [0, 0.05) is 25.5 Å². The molecule has 0 bridgehead atoms. The van der Waals surface area contributed by atoms with Crippen LogP contribution in [0.25, 0.3) is 5.69 Å². The summed E-state index contributed by atoms with van der Waals surface area (Å²) in [5, 5.41) is 11.8. The molecule has 1 aromatic heterocycles. The number of carbonyl (C=O) groups is 1. The zero-order valence-corrected chi connectivity index (χ0v) is 15.3. The Kier molecular flexibility index (Phi) is 6.01. The molecule has 1 heterocycles. The van der Waals surface area contributed by atoms with Crippen molar-refractivity contribution >= 4 is 5.78 Å². The number of aromatic hydroxyl groups is 1. The third kappa shape index (κ3) is 3.92. The SMILES string of the molecule is O=C(c1c(C(F)(F)F)nn(-c2c(F)c(F)cc(F)c2F)c1O)C(F)(F)F.[Zn]. The molecule has 0 atom stereocenters. The van der Waals surface area contributed by atoms with E-state index in [1.54, 1.807) is 0 Å². The van der Waals surface area contributed by atoms with Crippen LogP contribution in [0.4, 0.5) is 43.9 Å². The summed E-state index contributed by atoms with van der Waals surface area (Å²) in [5.41, 5.74) is -7.25. The number of hydrogen-bond donors (Lipinski definition) is 1. The second-order valence-corrected chi connectivity index (χ2v) is 4.60. The second kappa shape index (κ2) is 7.09. The van der Waals surface area contributed by atoms with Crippen LogP contribution in [-0.4, -0.2) is 26.8 Å². The second-order valence-electron chi connectivity index (χ2n) is 4.60. The molecule has 0 saturated carbocycles. The molecule has 1 aromatic carbocycles. The van der Waals surface area contributed by atoms with Gasteiger partial charge in [0.2, 0.25) is 5.88 Å². The first-order chi connectivity index (χ1) is 11.7. The maximum absolute atomic E-state index is 13.6. The number of aromatic nitrogens is 2. The fourth-order valence-electron chi connectivity index (χ4n) is 1.86. The molecule has 0 amide bonds. The number of halogens is 10. The van der Waals surface area contributed by atoms with Crippen LogP contribution < -0.4 is 0 Å². The van der Waals surface area contributed by atoms with Crippen molar-refractivity contribution in [3.63, 3.8) is 0 Å². The first kappa shape index (κ1) is 22.9. The van der Waals surface area contributed by atoms with E-state index >= 15 is 0 Å². The number of benzene rings is 1. The Balaban J connectivity index is 0.00000364. The number of Topliss-reactive ketones (excluding diaryl/α,β-unsaturated/α-hetero) is 1. The van der Waals surface area contributed by atoms with Gasteiger partial charge < -0.3 is 5.11 Å². The van der Waals surface area contributed by atoms with Crippen LogP contribution in [0.2, 0.25) is 0 Å². The summed E-state index contributed by atoms with van der Waals surface area (Å²) in [6.07, 6.45) is -11.7. The first-order valence-corrected chi connectivity index (χ1v) is 6.02. The van der Waals surface area contributed by atoms with Gasteiger partial charge in [-0.05, 0) is 0 Å². The van der Waals surface area contributed by atoms with E-state index in [1.807, 2.05) is 0 Å². The molecule has 4 nitrogen and oxygen atoms in total. The van der Waals surface area contributed by atoms with Crippen molar-refractivity contribution in [2.75, 3.05) is 0 Å². The van der Waals surface area contributed by atoms with Gasteiger partial charge >= 0.3 is 12.4 Å². The number of alkyl halides is 6. The van der Waals surface area contributed by atoms with E-state index < -0.39 is 68.9 Å². The summed E-state index contributed by atoms with van der Waals surface area (Å²) < 4.78 is 129. The van der Waals surface area contributed by atoms with Gasteiger partial charge in [0.15, 0.2) is 29.0 Å². The number of hydrogen-bond acceptors (Lipinski definition) is 3. The number of rotatable bonds is 2. The van der Waals surface area contributed by atoms with E-state index in [2.05, 4.69) is 5.10 Å². The van der Waals surface area contributed by atoms with Crippen molar-refractivity contribution < 1.29 is 73.3 Å². The Morgan fingerprint density at radius 3 is 1.78 bits per heavy atom. The zero-order valence-electron chi connectivity index (χ0n) is 12.3. The number of nitrogens with zero attached hydrogens (tertiary/aromatic N) is 2. The quantitative estimate of drug-likeness (QED) is 0.320. The van der Waals surface area contributed by atoms with Crippen LogP contribution in [0.15, 0.2) is 6.07 Å². The Morgan fingerprint density at radius 1 is 0.963 bits per heavy atom. The van der Waals surface area contributed by atoms with Crippen LogP contribution in [0, 0.1) is 23.3 Å². The molecule has 2 rings (SSSR count). The standard InChI is InChI=1S/C12H2F10N2O2.Zn/c13-2-1-3(14)6(16)7(5(2)15)24-10(26)4(9(25)12(20,21)22)8(23-24)11(17,18)19;/h1,26H;. The molecule has 0 fully saturated rings. The van der Waals surface area contributed by atoms with Crippen molar-refractivity contribution in [3.8, 4) is 11.6 Å². The van der Waals surface area contributed by atoms with Crippen LogP contribution in [0.3, 0.4) is 0 Å². The summed E-state index contributed by atoms with van der Waals surface area (Å²) in [7, 11) is 0. The molecule has 2 aromatic rings. The molecular weight excluding hydrogens is 460 g/mol. The molecule has 0 aliphatic heterocycles. The largest absolute Gasteiger partial charge is 0.493 e. The van der Waals surface area contributed by atoms with Gasteiger partial charge in [0.1, 0.15) is 11.3 Å². The van der Waals surface area contributed by atoms with Gasteiger partial charge in [-0.15, -0.1) is 0 Å². The van der Waals surface area contributed by atoms with Gasteiger partial charge in [-0.2, -0.15) is 36.1 Å². The van der Waals surface area contributed by atoms with E-state index in [4.69, 9.17) is 0 Å². The summed E-state index contributed by atoms with van der Waals surface area (Å²) >= 11 is 0. The van der Waals surface area contributed by atoms with Crippen molar-refractivity contribution in [2.24, 2.45) is 0 Å². The smallest absolute Gasteiger partial charge is 0.455 e. The van der Waals surface area contributed by atoms with E-state index in [9.17, 15) is 53.8 Å². The van der Waals surface area contributed by atoms with Crippen molar-refractivity contribution in [2.45, 2.75) is 12.4 Å². The minimum atomic E-state index is -5.93. The first-order valence-electron chi connectivity index (χ1n) is 6.02. The molecule has 0 radical (unpaired) electrons. The number of carbonyl (C=O) groups excluding carboxylic acids is 1. The van der Waals surface area contributed by atoms with E-state index in [1.165, 1.54) is 0 Å². The summed E-state index contributed by atoms with van der Waals surface area (Å²) in [6, 6.07) is -0.346. The average molecular weight is 462 g/mol. The molecule has 15 heteroatoms. The monoisotopic (exact) mass is 460 g/mol. The Hall–Kier alpha value is -2.18. The van der Waals surface area contributed by atoms with Crippen molar-refractivity contribution in [1.82, 2.24) is 9.78 Å². The third-order valence-electron chi connectivity index (χ3n) is 2.91. The van der Waals surface area contributed by atoms with Gasteiger partial charge in [-0.25, -0.2) is 17.6 Å². The topological polar surface area (TPSA) is 55.1 Å². The molecule has 0 aliphatic carbocycles. The van der Waals surface area contributed by atoms with Crippen LogP contribution in [0.1, 0.15) is 16.1 Å². The molecule has 0 spiro atoms. The molecule has 27 heavy (non-hydrogen) atoms. The van der Waals surface area contributed by atoms with Crippen molar-refractivity contribution in [1.29, 1.82) is 0 Å². The molecule has 0 aliphatic rings. The number of ketones is 1. The summed E-state index contributed by atoms with van der Waals surface area (Å²) in [5.74, 6) is -14.6. The summed E-state index contributed by atoms with van der Waals surface area (Å²) in [4.78, 5) is 11.1. The predicted octanol–water partition coefficient (Wildman–Crippen LogP) is 3.90. The fourth-order valence-corrected chi connectivity index (χ4v) is 1.86. The molecule has 0 unspecified atom stereocenters. The van der Waals surface area contributed by atoms with E-state index in [0.717, 1.165) is 0 Å². The van der Waals surface area contributed by atoms with Crippen LogP contribution in [-0.2, 0) is 25.7 Å². The fraction of sp³-hybridized carbons (Fsp3) is 0.167. The normalized spacial score (nSPS) is 12.1. The maximum atomic E-state index is 13.6. The van der Waals surface area contributed by atoms with Gasteiger partial charge in [-0.1, -0.05) is 0 Å². The van der Waals surface area contributed by atoms with Crippen LogP contribution in [0.5, 0.6) is 5.88 Å². The van der Waals surface area contributed by atoms with Crippen molar-refractivity contribution in [3.05, 3.63) is 40.6 Å². The van der Waals surface area contributed by atoms with E-state index in [0.29, 0.717) is 0 Å².